The van der Waals surface area contributed by atoms with Crippen molar-refractivity contribution in [3.8, 4) is 23.7 Å². The van der Waals surface area contributed by atoms with Gasteiger partial charge in [0.2, 0.25) is 0 Å². The van der Waals surface area contributed by atoms with Crippen molar-refractivity contribution >= 4 is 5.82 Å². The molecule has 0 saturated heterocycles. The molecule has 134 valence electrons. The Labute approximate surface area is 154 Å². The molecule has 0 radical (unpaired) electrons. The summed E-state index contributed by atoms with van der Waals surface area (Å²) < 4.78 is 5.55. The highest BCUT2D eigenvalue weighted by Crippen LogP contribution is 2.38. The molecule has 2 aromatic rings. The molecule has 0 atom stereocenters. The van der Waals surface area contributed by atoms with Gasteiger partial charge >= 0.3 is 0 Å². The molecule has 0 spiro atoms. The van der Waals surface area contributed by atoms with Gasteiger partial charge in [-0.1, -0.05) is 5.92 Å². The second-order valence-electron chi connectivity index (χ2n) is 7.54. The van der Waals surface area contributed by atoms with Gasteiger partial charge in [-0.05, 0) is 63.1 Å². The van der Waals surface area contributed by atoms with Gasteiger partial charge in [-0.2, -0.15) is 0 Å². The molecule has 2 heterocycles. The van der Waals surface area contributed by atoms with Crippen molar-refractivity contribution in [3.63, 3.8) is 0 Å². The van der Waals surface area contributed by atoms with Crippen LogP contribution in [0, 0.1) is 12.3 Å². The fourth-order valence-corrected chi connectivity index (χ4v) is 4.03. The smallest absolute Gasteiger partial charge is 0.152 e. The quantitative estimate of drug-likeness (QED) is 0.859. The number of rotatable bonds is 4. The second kappa shape index (κ2) is 6.69. The highest BCUT2D eigenvalue weighted by Gasteiger charge is 2.41. The molecule has 0 bridgehead atoms. The zero-order valence-corrected chi connectivity index (χ0v) is 15.4. The molecule has 0 aromatic carbocycles. The molecule has 0 unspecified atom stereocenters. The standard InChI is InChI=1S/C21H24N4O/c1-4-14-9-10-18(22-13-14)19-16-7-5-6-8-17(16)20(25-24-19)23-15-11-21(2,12-15)26-3/h1,9-10,13,15H,5-8,11-12H2,2-3H3,(H,23,25). The van der Waals surface area contributed by atoms with Gasteiger partial charge in [0.25, 0.3) is 0 Å². The molecular formula is C21H24N4O. The number of hydrogen-bond donors (Lipinski definition) is 1. The lowest BCUT2D eigenvalue weighted by Crippen LogP contribution is -2.50. The Morgan fingerprint density at radius 3 is 2.62 bits per heavy atom. The van der Waals surface area contributed by atoms with Gasteiger partial charge in [0.05, 0.1) is 11.3 Å². The Balaban J connectivity index is 1.63. The van der Waals surface area contributed by atoms with Crippen molar-refractivity contribution in [3.05, 3.63) is 35.0 Å². The summed E-state index contributed by atoms with van der Waals surface area (Å²) >= 11 is 0. The van der Waals surface area contributed by atoms with Crippen molar-refractivity contribution in [2.75, 3.05) is 12.4 Å². The maximum atomic E-state index is 5.55. The maximum Gasteiger partial charge on any atom is 0.152 e. The van der Waals surface area contributed by atoms with Crippen molar-refractivity contribution in [2.45, 2.75) is 57.1 Å². The fourth-order valence-electron chi connectivity index (χ4n) is 4.03. The van der Waals surface area contributed by atoms with E-state index in [0.29, 0.717) is 6.04 Å². The zero-order chi connectivity index (χ0) is 18.1. The summed E-state index contributed by atoms with van der Waals surface area (Å²) in [5.74, 6) is 3.54. The van der Waals surface area contributed by atoms with Crippen LogP contribution in [0.5, 0.6) is 0 Å². The topological polar surface area (TPSA) is 59.9 Å². The first kappa shape index (κ1) is 17.0. The molecular weight excluding hydrogens is 324 g/mol. The third kappa shape index (κ3) is 3.06. The van der Waals surface area contributed by atoms with E-state index in [1.807, 2.05) is 12.1 Å². The minimum atomic E-state index is -0.00616. The summed E-state index contributed by atoms with van der Waals surface area (Å²) in [7, 11) is 1.78. The fraction of sp³-hybridized carbons (Fsp3) is 0.476. The van der Waals surface area contributed by atoms with Gasteiger partial charge in [0.1, 0.15) is 5.69 Å². The van der Waals surface area contributed by atoms with E-state index >= 15 is 0 Å². The van der Waals surface area contributed by atoms with Crippen molar-refractivity contribution in [1.82, 2.24) is 15.2 Å². The van der Waals surface area contributed by atoms with Gasteiger partial charge < -0.3 is 10.1 Å². The van der Waals surface area contributed by atoms with E-state index in [1.54, 1.807) is 13.3 Å². The number of nitrogens with zero attached hydrogens (tertiary/aromatic N) is 3. The van der Waals surface area contributed by atoms with Crippen LogP contribution in [0.25, 0.3) is 11.4 Å². The molecule has 2 aromatic heterocycles. The Hall–Kier alpha value is -2.45. The normalized spacial score (nSPS) is 24.3. The van der Waals surface area contributed by atoms with Crippen LogP contribution < -0.4 is 5.32 Å². The highest BCUT2D eigenvalue weighted by atomic mass is 16.5. The Bertz CT molecular complexity index is 848. The number of nitrogens with one attached hydrogen (secondary N) is 1. The van der Waals surface area contributed by atoms with Crippen LogP contribution in [0.1, 0.15) is 49.3 Å². The third-order valence-corrected chi connectivity index (χ3v) is 5.65. The summed E-state index contributed by atoms with van der Waals surface area (Å²) in [6.45, 7) is 2.15. The summed E-state index contributed by atoms with van der Waals surface area (Å²) in [5.41, 5.74) is 5.09. The predicted molar refractivity (Wildman–Crippen MR) is 102 cm³/mol. The van der Waals surface area contributed by atoms with Crippen LogP contribution in [-0.4, -0.2) is 33.9 Å². The maximum absolute atomic E-state index is 5.55. The Morgan fingerprint density at radius 2 is 1.96 bits per heavy atom. The summed E-state index contributed by atoms with van der Waals surface area (Å²) in [4.78, 5) is 4.49. The van der Waals surface area contributed by atoms with Gasteiger partial charge in [0.15, 0.2) is 5.82 Å². The van der Waals surface area contributed by atoms with Crippen LogP contribution in [0.4, 0.5) is 5.82 Å². The van der Waals surface area contributed by atoms with Crippen LogP contribution >= 0.6 is 0 Å². The lowest BCUT2D eigenvalue weighted by molar-refractivity contribution is -0.0625. The minimum Gasteiger partial charge on any atom is -0.378 e. The summed E-state index contributed by atoms with van der Waals surface area (Å²) in [5, 5.41) is 12.6. The summed E-state index contributed by atoms with van der Waals surface area (Å²) in [6.07, 6.45) is 13.6. The number of methoxy groups -OCH3 is 1. The first-order chi connectivity index (χ1) is 12.6. The van der Waals surface area contributed by atoms with Gasteiger partial charge in [-0.25, -0.2) is 0 Å². The van der Waals surface area contributed by atoms with Gasteiger partial charge in [0, 0.05) is 30.5 Å². The molecule has 0 amide bonds. The van der Waals surface area contributed by atoms with Gasteiger partial charge in [-0.3, -0.25) is 4.98 Å². The number of pyridine rings is 1. The number of terminal acetylenes is 1. The first-order valence-corrected chi connectivity index (χ1v) is 9.25. The lowest BCUT2D eigenvalue weighted by atomic mass is 9.77. The molecule has 5 heteroatoms. The average Bonchev–Trinajstić information content (AvgIpc) is 2.67. The van der Waals surface area contributed by atoms with Crippen LogP contribution in [0.2, 0.25) is 0 Å². The molecule has 1 saturated carbocycles. The van der Waals surface area contributed by atoms with E-state index in [1.165, 1.54) is 24.0 Å². The highest BCUT2D eigenvalue weighted by molar-refractivity contribution is 5.65. The molecule has 5 nitrogen and oxygen atoms in total. The van der Waals surface area contributed by atoms with Crippen LogP contribution in [0.15, 0.2) is 18.3 Å². The molecule has 2 aliphatic carbocycles. The molecule has 4 rings (SSSR count). The summed E-state index contributed by atoms with van der Waals surface area (Å²) in [6, 6.07) is 4.25. The Morgan fingerprint density at radius 1 is 1.19 bits per heavy atom. The van der Waals surface area contributed by atoms with Crippen molar-refractivity contribution < 1.29 is 4.74 Å². The van der Waals surface area contributed by atoms with Crippen LogP contribution in [-0.2, 0) is 17.6 Å². The Kier molecular flexibility index (Phi) is 4.37. The van der Waals surface area contributed by atoms with Crippen LogP contribution in [0.3, 0.4) is 0 Å². The molecule has 1 N–H and O–H groups in total. The van der Waals surface area contributed by atoms with E-state index < -0.39 is 0 Å². The van der Waals surface area contributed by atoms with Crippen molar-refractivity contribution in [2.24, 2.45) is 0 Å². The first-order valence-electron chi connectivity index (χ1n) is 9.25. The zero-order valence-electron chi connectivity index (χ0n) is 15.4. The number of ether oxygens (including phenoxy) is 1. The largest absolute Gasteiger partial charge is 0.378 e. The van der Waals surface area contributed by atoms with E-state index in [4.69, 9.17) is 11.2 Å². The number of hydrogen-bond acceptors (Lipinski definition) is 5. The monoisotopic (exact) mass is 348 g/mol. The van der Waals surface area contributed by atoms with Gasteiger partial charge in [-0.15, -0.1) is 16.6 Å². The molecule has 1 fully saturated rings. The van der Waals surface area contributed by atoms with E-state index in [-0.39, 0.29) is 5.60 Å². The minimum absolute atomic E-state index is 0.00616. The van der Waals surface area contributed by atoms with E-state index in [2.05, 4.69) is 33.3 Å². The number of aromatic nitrogens is 3. The van der Waals surface area contributed by atoms with E-state index in [9.17, 15) is 0 Å². The third-order valence-electron chi connectivity index (χ3n) is 5.65. The number of fused-ring (bicyclic) bond motifs is 1. The molecule has 26 heavy (non-hydrogen) atoms. The predicted octanol–water partition coefficient (Wildman–Crippen LogP) is 3.38. The second-order valence-corrected chi connectivity index (χ2v) is 7.54. The molecule has 0 aliphatic heterocycles. The van der Waals surface area contributed by atoms with E-state index in [0.717, 1.165) is 48.5 Å². The average molecular weight is 348 g/mol. The number of anilines is 1. The molecule has 2 aliphatic rings. The lowest BCUT2D eigenvalue weighted by Gasteiger charge is -2.44. The SMILES string of the molecule is C#Cc1ccc(-c2nnc(NC3CC(C)(OC)C3)c3c2CCCC3)nc1. The van der Waals surface area contributed by atoms with Crippen molar-refractivity contribution in [1.29, 1.82) is 0 Å².